The van der Waals surface area contributed by atoms with Crippen molar-refractivity contribution >= 4 is 28.2 Å². The number of H-pyrrole nitrogens is 1. The second-order valence-electron chi connectivity index (χ2n) is 9.64. The summed E-state index contributed by atoms with van der Waals surface area (Å²) in [5, 5.41) is 6.17. The van der Waals surface area contributed by atoms with Crippen molar-refractivity contribution in [2.75, 3.05) is 46.8 Å². The Kier molecular flexibility index (Phi) is 6.89. The fourth-order valence-electron chi connectivity index (χ4n) is 5.70. The summed E-state index contributed by atoms with van der Waals surface area (Å²) in [5.41, 5.74) is 5.72. The van der Waals surface area contributed by atoms with E-state index in [-0.39, 0.29) is 0 Å². The molecule has 1 aliphatic heterocycles. The number of fused-ring (bicyclic) bond motifs is 2. The Balaban J connectivity index is 1.57. The highest BCUT2D eigenvalue weighted by Gasteiger charge is 2.41. The van der Waals surface area contributed by atoms with Crippen LogP contribution in [0.15, 0.2) is 18.2 Å². The third kappa shape index (κ3) is 4.48. The Morgan fingerprint density at radius 1 is 1.26 bits per heavy atom. The standard InChI is InChI=1S/C25H39N5S/c1-6-11-30-16-18(27-25(31)29(7-2)13-12-28(4)5)14-21-19-9-8-10-22-24(19)20(15-23(21)30)17(3)26-22/h8-10,18,21,23,26H,6-7,11-16H2,1-5H3,(H,27,31)/t18-,21+,23+/m0/s1. The van der Waals surface area contributed by atoms with E-state index in [4.69, 9.17) is 12.2 Å². The van der Waals surface area contributed by atoms with Crippen LogP contribution < -0.4 is 5.32 Å². The van der Waals surface area contributed by atoms with E-state index in [9.17, 15) is 0 Å². The molecule has 0 unspecified atom stereocenters. The third-order valence-corrected chi connectivity index (χ3v) is 7.61. The maximum absolute atomic E-state index is 5.86. The van der Waals surface area contributed by atoms with Gasteiger partial charge < -0.3 is 20.1 Å². The number of nitrogens with one attached hydrogen (secondary N) is 2. The van der Waals surface area contributed by atoms with E-state index < -0.39 is 0 Å². The van der Waals surface area contributed by atoms with Crippen LogP contribution in [0.4, 0.5) is 0 Å². The van der Waals surface area contributed by atoms with Gasteiger partial charge in [-0.05, 0) is 83.2 Å². The summed E-state index contributed by atoms with van der Waals surface area (Å²) < 4.78 is 0. The molecule has 2 aliphatic rings. The molecule has 1 aromatic carbocycles. The molecule has 3 atom stereocenters. The zero-order chi connectivity index (χ0) is 22.1. The second-order valence-corrected chi connectivity index (χ2v) is 10.0. The molecule has 2 N–H and O–H groups in total. The topological polar surface area (TPSA) is 37.5 Å². The predicted octanol–water partition coefficient (Wildman–Crippen LogP) is 3.73. The Morgan fingerprint density at radius 2 is 2.06 bits per heavy atom. The average Bonchev–Trinajstić information content (AvgIpc) is 3.06. The van der Waals surface area contributed by atoms with Crippen molar-refractivity contribution in [2.45, 2.75) is 58.0 Å². The number of aromatic amines is 1. The highest BCUT2D eigenvalue weighted by molar-refractivity contribution is 7.80. The summed E-state index contributed by atoms with van der Waals surface area (Å²) in [7, 11) is 4.24. The van der Waals surface area contributed by atoms with Gasteiger partial charge in [-0.25, -0.2) is 0 Å². The van der Waals surface area contributed by atoms with Gasteiger partial charge in [0.05, 0.1) is 0 Å². The summed E-state index contributed by atoms with van der Waals surface area (Å²) in [6, 6.07) is 7.82. The van der Waals surface area contributed by atoms with Crippen molar-refractivity contribution in [3.05, 3.63) is 35.0 Å². The third-order valence-electron chi connectivity index (χ3n) is 7.24. The lowest BCUT2D eigenvalue weighted by Gasteiger charge is -2.48. The molecule has 1 aliphatic carbocycles. The molecule has 0 radical (unpaired) electrons. The molecule has 0 saturated carbocycles. The summed E-state index contributed by atoms with van der Waals surface area (Å²) in [6.45, 7) is 11.9. The molecule has 1 saturated heterocycles. The van der Waals surface area contributed by atoms with Crippen LogP contribution in [-0.4, -0.2) is 83.7 Å². The molecule has 1 fully saturated rings. The van der Waals surface area contributed by atoms with Gasteiger partial charge in [0.25, 0.3) is 0 Å². The number of nitrogens with zero attached hydrogens (tertiary/aromatic N) is 3. The van der Waals surface area contributed by atoms with Crippen molar-refractivity contribution in [1.82, 2.24) is 25.0 Å². The number of rotatable bonds is 7. The maximum atomic E-state index is 5.86. The largest absolute Gasteiger partial charge is 0.359 e. The highest BCUT2D eigenvalue weighted by Crippen LogP contribution is 2.44. The number of benzene rings is 1. The first-order valence-electron chi connectivity index (χ1n) is 12.0. The van der Waals surface area contributed by atoms with Crippen LogP contribution in [0.2, 0.25) is 0 Å². The van der Waals surface area contributed by atoms with E-state index in [0.717, 1.165) is 50.7 Å². The Labute approximate surface area is 193 Å². The molecule has 0 amide bonds. The van der Waals surface area contributed by atoms with Crippen molar-refractivity contribution in [3.63, 3.8) is 0 Å². The first kappa shape index (κ1) is 22.6. The normalized spacial score (nSPS) is 23.2. The van der Waals surface area contributed by atoms with Crippen LogP contribution in [0.5, 0.6) is 0 Å². The van der Waals surface area contributed by atoms with Crippen molar-refractivity contribution in [3.8, 4) is 0 Å². The molecule has 0 bridgehead atoms. The SMILES string of the molecule is CCCN1C[C@@H](NC(=S)N(CC)CCN(C)C)C[C@@H]2c3cccc4[nH]c(C)c(c34)C[C@H]21. The Bertz CT molecular complexity index is 920. The van der Waals surface area contributed by atoms with Gasteiger partial charge in [0, 0.05) is 60.8 Å². The second kappa shape index (κ2) is 9.47. The molecule has 4 rings (SSSR count). The number of hydrogen-bond donors (Lipinski definition) is 2. The first-order chi connectivity index (χ1) is 14.9. The van der Waals surface area contributed by atoms with Gasteiger partial charge in [-0.3, -0.25) is 4.90 Å². The molecule has 1 aromatic heterocycles. The minimum atomic E-state index is 0.394. The van der Waals surface area contributed by atoms with Gasteiger partial charge in [-0.2, -0.15) is 0 Å². The van der Waals surface area contributed by atoms with Gasteiger partial charge in [0.15, 0.2) is 5.11 Å². The highest BCUT2D eigenvalue weighted by atomic mass is 32.1. The van der Waals surface area contributed by atoms with Crippen LogP contribution in [0.3, 0.4) is 0 Å². The number of aromatic nitrogens is 1. The summed E-state index contributed by atoms with van der Waals surface area (Å²) in [4.78, 5) is 10.9. The number of likely N-dealkylation sites (tertiary alicyclic amines) is 1. The van der Waals surface area contributed by atoms with E-state index >= 15 is 0 Å². The lowest BCUT2D eigenvalue weighted by Crippen LogP contribution is -2.58. The van der Waals surface area contributed by atoms with E-state index in [0.29, 0.717) is 18.0 Å². The smallest absolute Gasteiger partial charge is 0.169 e. The lowest BCUT2D eigenvalue weighted by molar-refractivity contribution is 0.104. The summed E-state index contributed by atoms with van der Waals surface area (Å²) in [5.74, 6) is 0.559. The zero-order valence-corrected chi connectivity index (χ0v) is 20.7. The van der Waals surface area contributed by atoms with Gasteiger partial charge >= 0.3 is 0 Å². The van der Waals surface area contributed by atoms with Gasteiger partial charge in [0.2, 0.25) is 0 Å². The Morgan fingerprint density at radius 3 is 2.77 bits per heavy atom. The molecular weight excluding hydrogens is 402 g/mol. The van der Waals surface area contributed by atoms with Crippen molar-refractivity contribution in [2.24, 2.45) is 0 Å². The minimum absolute atomic E-state index is 0.394. The zero-order valence-electron chi connectivity index (χ0n) is 19.9. The molecule has 2 aromatic rings. The van der Waals surface area contributed by atoms with Gasteiger partial charge in [0.1, 0.15) is 0 Å². The molecule has 2 heterocycles. The summed E-state index contributed by atoms with van der Waals surface area (Å²) in [6.07, 6.45) is 3.50. The first-order valence-corrected chi connectivity index (χ1v) is 12.4. The van der Waals surface area contributed by atoms with Crippen LogP contribution in [0, 0.1) is 6.92 Å². The monoisotopic (exact) mass is 441 g/mol. The fourth-order valence-corrected chi connectivity index (χ4v) is 6.09. The van der Waals surface area contributed by atoms with Gasteiger partial charge in [-0.15, -0.1) is 0 Å². The molecule has 0 spiro atoms. The number of aryl methyl sites for hydroxylation is 1. The van der Waals surface area contributed by atoms with Gasteiger partial charge in [-0.1, -0.05) is 19.1 Å². The number of piperidine rings is 1. The molecule has 31 heavy (non-hydrogen) atoms. The molecule has 5 nitrogen and oxygen atoms in total. The quantitative estimate of drug-likeness (QED) is 0.641. The maximum Gasteiger partial charge on any atom is 0.169 e. The lowest BCUT2D eigenvalue weighted by atomic mass is 9.73. The number of hydrogen-bond acceptors (Lipinski definition) is 3. The molecule has 6 heteroatoms. The number of thiocarbonyl (C=S) groups is 1. The van der Waals surface area contributed by atoms with Crippen LogP contribution in [-0.2, 0) is 6.42 Å². The minimum Gasteiger partial charge on any atom is -0.359 e. The molecule has 170 valence electrons. The average molecular weight is 442 g/mol. The van der Waals surface area contributed by atoms with Crippen molar-refractivity contribution < 1.29 is 0 Å². The fraction of sp³-hybridized carbons (Fsp3) is 0.640. The van der Waals surface area contributed by atoms with Crippen molar-refractivity contribution in [1.29, 1.82) is 0 Å². The van der Waals surface area contributed by atoms with Crippen LogP contribution in [0.1, 0.15) is 49.4 Å². The van der Waals surface area contributed by atoms with E-state index in [1.165, 1.54) is 34.1 Å². The van der Waals surface area contributed by atoms with E-state index in [1.54, 1.807) is 0 Å². The van der Waals surface area contributed by atoms with E-state index in [2.05, 4.69) is 78.1 Å². The number of likely N-dealkylation sites (N-methyl/N-ethyl adjacent to an activating group) is 2. The predicted molar refractivity (Wildman–Crippen MR) is 135 cm³/mol. The van der Waals surface area contributed by atoms with E-state index in [1.807, 2.05) is 0 Å². The molecular formula is C25H39N5S. The Hall–Kier alpha value is -1.63. The van der Waals surface area contributed by atoms with Crippen LogP contribution in [0.25, 0.3) is 10.9 Å². The summed E-state index contributed by atoms with van der Waals surface area (Å²) >= 11 is 5.86. The van der Waals surface area contributed by atoms with Crippen LogP contribution >= 0.6 is 12.2 Å².